The largest absolute Gasteiger partial charge is 0.491 e. The SMILES string of the molecule is CCCCOc1cc(Br)cc(C(=O)O)c1NC. The second-order valence-electron chi connectivity index (χ2n) is 3.58. The maximum Gasteiger partial charge on any atom is 0.337 e. The molecule has 0 saturated carbocycles. The second kappa shape index (κ2) is 6.49. The van der Waals surface area contributed by atoms with Crippen LogP contribution in [0, 0.1) is 0 Å². The summed E-state index contributed by atoms with van der Waals surface area (Å²) in [6.07, 6.45) is 1.98. The number of hydrogen-bond donors (Lipinski definition) is 2. The molecular formula is C12H16BrNO3. The molecule has 2 N–H and O–H groups in total. The van der Waals surface area contributed by atoms with E-state index >= 15 is 0 Å². The first-order valence-electron chi connectivity index (χ1n) is 5.47. The van der Waals surface area contributed by atoms with Gasteiger partial charge in [-0.2, -0.15) is 0 Å². The normalized spacial score (nSPS) is 10.1. The van der Waals surface area contributed by atoms with Gasteiger partial charge in [-0.15, -0.1) is 0 Å². The average molecular weight is 302 g/mol. The maximum atomic E-state index is 11.1. The van der Waals surface area contributed by atoms with E-state index in [-0.39, 0.29) is 5.56 Å². The summed E-state index contributed by atoms with van der Waals surface area (Å²) in [5, 5.41) is 12.0. The smallest absolute Gasteiger partial charge is 0.337 e. The van der Waals surface area contributed by atoms with Crippen LogP contribution in [0.1, 0.15) is 30.1 Å². The number of anilines is 1. The lowest BCUT2D eigenvalue weighted by molar-refractivity contribution is 0.0697. The average Bonchev–Trinajstić information content (AvgIpc) is 2.28. The summed E-state index contributed by atoms with van der Waals surface area (Å²) in [6, 6.07) is 3.33. The van der Waals surface area contributed by atoms with E-state index in [1.807, 2.05) is 0 Å². The highest BCUT2D eigenvalue weighted by molar-refractivity contribution is 9.10. The molecule has 1 aromatic carbocycles. The Labute approximate surface area is 109 Å². The highest BCUT2D eigenvalue weighted by Crippen LogP contribution is 2.32. The summed E-state index contributed by atoms with van der Waals surface area (Å²) in [6.45, 7) is 2.66. The van der Waals surface area contributed by atoms with Crippen LogP contribution in [0.4, 0.5) is 5.69 Å². The molecule has 0 aliphatic rings. The Kier molecular flexibility index (Phi) is 5.28. The van der Waals surface area contributed by atoms with Crippen molar-refractivity contribution >= 4 is 27.6 Å². The summed E-state index contributed by atoms with van der Waals surface area (Å²) in [7, 11) is 1.68. The summed E-state index contributed by atoms with van der Waals surface area (Å²) in [5.41, 5.74) is 0.713. The van der Waals surface area contributed by atoms with Crippen LogP contribution in [0.3, 0.4) is 0 Å². The van der Waals surface area contributed by atoms with Crippen LogP contribution >= 0.6 is 15.9 Å². The zero-order valence-electron chi connectivity index (χ0n) is 9.92. The summed E-state index contributed by atoms with van der Waals surface area (Å²) in [5.74, 6) is -0.413. The molecule has 0 radical (unpaired) electrons. The van der Waals surface area contributed by atoms with E-state index in [4.69, 9.17) is 9.84 Å². The lowest BCUT2D eigenvalue weighted by Crippen LogP contribution is -2.07. The highest BCUT2D eigenvalue weighted by atomic mass is 79.9. The third-order valence-electron chi connectivity index (χ3n) is 2.30. The standard InChI is InChI=1S/C12H16BrNO3/c1-3-4-5-17-10-7-8(13)6-9(12(15)16)11(10)14-2/h6-7,14H,3-5H2,1-2H3,(H,15,16). The zero-order chi connectivity index (χ0) is 12.8. The van der Waals surface area contributed by atoms with Crippen LogP contribution in [-0.4, -0.2) is 24.7 Å². The van der Waals surface area contributed by atoms with Gasteiger partial charge in [0.2, 0.25) is 0 Å². The van der Waals surface area contributed by atoms with Gasteiger partial charge in [0, 0.05) is 11.5 Å². The van der Waals surface area contributed by atoms with E-state index in [2.05, 4.69) is 28.2 Å². The van der Waals surface area contributed by atoms with Gasteiger partial charge in [0.15, 0.2) is 0 Å². The summed E-state index contributed by atoms with van der Waals surface area (Å²) < 4.78 is 6.28. The van der Waals surface area contributed by atoms with Crippen molar-refractivity contribution in [1.29, 1.82) is 0 Å². The molecule has 17 heavy (non-hydrogen) atoms. The van der Waals surface area contributed by atoms with Crippen LogP contribution in [-0.2, 0) is 0 Å². The lowest BCUT2D eigenvalue weighted by atomic mass is 10.1. The number of carboxylic acids is 1. The predicted octanol–water partition coefficient (Wildman–Crippen LogP) is 3.37. The van der Waals surface area contributed by atoms with E-state index in [0.29, 0.717) is 22.5 Å². The Balaban J connectivity index is 3.05. The molecular weight excluding hydrogens is 286 g/mol. The first-order chi connectivity index (χ1) is 8.10. The number of unbranched alkanes of at least 4 members (excludes halogenated alkanes) is 1. The van der Waals surface area contributed by atoms with E-state index in [9.17, 15) is 4.79 Å². The van der Waals surface area contributed by atoms with Gasteiger partial charge >= 0.3 is 5.97 Å². The van der Waals surface area contributed by atoms with Crippen molar-refractivity contribution in [1.82, 2.24) is 0 Å². The molecule has 0 atom stereocenters. The molecule has 0 fully saturated rings. The number of aromatic carboxylic acids is 1. The molecule has 0 aliphatic carbocycles. The Morgan fingerprint density at radius 3 is 2.76 bits per heavy atom. The topological polar surface area (TPSA) is 58.6 Å². The number of ether oxygens (including phenoxy) is 1. The van der Waals surface area contributed by atoms with Gasteiger partial charge in [-0.25, -0.2) is 4.79 Å². The van der Waals surface area contributed by atoms with Crippen molar-refractivity contribution < 1.29 is 14.6 Å². The monoisotopic (exact) mass is 301 g/mol. The number of rotatable bonds is 6. The van der Waals surface area contributed by atoms with Crippen molar-refractivity contribution in [2.75, 3.05) is 19.0 Å². The molecule has 5 heteroatoms. The van der Waals surface area contributed by atoms with Gasteiger partial charge in [-0.05, 0) is 18.6 Å². The molecule has 1 rings (SSSR count). The predicted molar refractivity (Wildman–Crippen MR) is 71.1 cm³/mol. The van der Waals surface area contributed by atoms with Crippen molar-refractivity contribution in [2.45, 2.75) is 19.8 Å². The number of carbonyl (C=O) groups is 1. The summed E-state index contributed by atoms with van der Waals surface area (Å²) >= 11 is 3.28. The van der Waals surface area contributed by atoms with E-state index in [1.165, 1.54) is 0 Å². The van der Waals surface area contributed by atoms with Gasteiger partial charge < -0.3 is 15.2 Å². The van der Waals surface area contributed by atoms with Crippen LogP contribution in [0.2, 0.25) is 0 Å². The minimum Gasteiger partial charge on any atom is -0.491 e. The van der Waals surface area contributed by atoms with Gasteiger partial charge in [0.05, 0.1) is 17.9 Å². The van der Waals surface area contributed by atoms with E-state index in [0.717, 1.165) is 12.8 Å². The number of hydrogen-bond acceptors (Lipinski definition) is 3. The Morgan fingerprint density at radius 2 is 2.24 bits per heavy atom. The highest BCUT2D eigenvalue weighted by Gasteiger charge is 2.15. The molecule has 94 valence electrons. The summed E-state index contributed by atoms with van der Waals surface area (Å²) in [4.78, 5) is 11.1. The molecule has 0 aliphatic heterocycles. The minimum absolute atomic E-state index is 0.202. The van der Waals surface area contributed by atoms with Crippen LogP contribution in [0.25, 0.3) is 0 Å². The Morgan fingerprint density at radius 1 is 1.53 bits per heavy atom. The van der Waals surface area contributed by atoms with Gasteiger partial charge in [0.1, 0.15) is 5.75 Å². The third-order valence-corrected chi connectivity index (χ3v) is 2.76. The fraction of sp³-hybridized carbons (Fsp3) is 0.417. The fourth-order valence-electron chi connectivity index (χ4n) is 1.45. The molecule has 0 amide bonds. The van der Waals surface area contributed by atoms with Crippen molar-refractivity contribution in [3.05, 3.63) is 22.2 Å². The molecule has 0 bridgehead atoms. The third kappa shape index (κ3) is 3.63. The first-order valence-corrected chi connectivity index (χ1v) is 6.26. The molecule has 1 aromatic rings. The number of benzene rings is 1. The van der Waals surface area contributed by atoms with Crippen LogP contribution < -0.4 is 10.1 Å². The lowest BCUT2D eigenvalue weighted by Gasteiger charge is -2.14. The van der Waals surface area contributed by atoms with Crippen molar-refractivity contribution in [2.24, 2.45) is 0 Å². The van der Waals surface area contributed by atoms with E-state index < -0.39 is 5.97 Å². The Bertz CT molecular complexity index is 407. The minimum atomic E-state index is -0.976. The maximum absolute atomic E-state index is 11.1. The molecule has 0 spiro atoms. The van der Waals surface area contributed by atoms with Crippen molar-refractivity contribution in [3.63, 3.8) is 0 Å². The Hall–Kier alpha value is -1.23. The van der Waals surface area contributed by atoms with Crippen LogP contribution in [0.15, 0.2) is 16.6 Å². The van der Waals surface area contributed by atoms with Crippen molar-refractivity contribution in [3.8, 4) is 5.75 Å². The van der Waals surface area contributed by atoms with Crippen LogP contribution in [0.5, 0.6) is 5.75 Å². The van der Waals surface area contributed by atoms with Gasteiger partial charge in [0.25, 0.3) is 0 Å². The molecule has 0 saturated heterocycles. The first kappa shape index (κ1) is 13.8. The van der Waals surface area contributed by atoms with Gasteiger partial charge in [-0.3, -0.25) is 0 Å². The molecule has 0 aromatic heterocycles. The van der Waals surface area contributed by atoms with Gasteiger partial charge in [-0.1, -0.05) is 29.3 Å². The molecule has 4 nitrogen and oxygen atoms in total. The number of carboxylic acid groups (broad SMARTS) is 1. The number of nitrogens with one attached hydrogen (secondary N) is 1. The quantitative estimate of drug-likeness (QED) is 0.791. The van der Waals surface area contributed by atoms with E-state index in [1.54, 1.807) is 19.2 Å². The molecule has 0 unspecified atom stereocenters. The fourth-order valence-corrected chi connectivity index (χ4v) is 1.89. The second-order valence-corrected chi connectivity index (χ2v) is 4.50. The molecule has 0 heterocycles. The number of halogens is 1. The zero-order valence-corrected chi connectivity index (χ0v) is 11.5.